The van der Waals surface area contributed by atoms with Gasteiger partial charge in [0.05, 0.1) is 6.17 Å². The van der Waals surface area contributed by atoms with Gasteiger partial charge in [-0.3, -0.25) is 10.6 Å². The molecular weight excluding hydrogens is 144 g/mol. The summed E-state index contributed by atoms with van der Waals surface area (Å²) < 4.78 is 0. The molecule has 0 radical (unpaired) electrons. The van der Waals surface area contributed by atoms with Gasteiger partial charge >= 0.3 is 0 Å². The lowest BCUT2D eigenvalue weighted by atomic mass is 10.1. The van der Waals surface area contributed by atoms with E-state index in [4.69, 9.17) is 12.2 Å². The van der Waals surface area contributed by atoms with Crippen molar-refractivity contribution >= 4 is 17.6 Å². The SMILES string of the molecule is CC1CC(C)NC(C=S)N1. The highest BCUT2D eigenvalue weighted by atomic mass is 32.1. The van der Waals surface area contributed by atoms with Crippen molar-refractivity contribution in [2.24, 2.45) is 0 Å². The first-order valence-corrected chi connectivity index (χ1v) is 4.17. The molecule has 1 heterocycles. The van der Waals surface area contributed by atoms with E-state index in [1.54, 1.807) is 5.37 Å². The van der Waals surface area contributed by atoms with Gasteiger partial charge in [-0.05, 0) is 20.3 Å². The third kappa shape index (κ3) is 2.01. The van der Waals surface area contributed by atoms with E-state index in [-0.39, 0.29) is 6.17 Å². The van der Waals surface area contributed by atoms with Crippen LogP contribution in [0.5, 0.6) is 0 Å². The molecule has 1 aliphatic heterocycles. The molecule has 0 saturated carbocycles. The minimum Gasteiger partial charge on any atom is -0.295 e. The van der Waals surface area contributed by atoms with Gasteiger partial charge < -0.3 is 0 Å². The third-order valence-corrected chi connectivity index (χ3v) is 2.04. The number of rotatable bonds is 1. The van der Waals surface area contributed by atoms with Gasteiger partial charge in [-0.2, -0.15) is 0 Å². The van der Waals surface area contributed by atoms with Gasteiger partial charge in [-0.15, -0.1) is 0 Å². The summed E-state index contributed by atoms with van der Waals surface area (Å²) in [4.78, 5) is 0. The van der Waals surface area contributed by atoms with E-state index in [9.17, 15) is 0 Å². The number of hydrogen-bond acceptors (Lipinski definition) is 3. The van der Waals surface area contributed by atoms with Crippen molar-refractivity contribution < 1.29 is 0 Å². The number of nitrogens with one attached hydrogen (secondary N) is 2. The highest BCUT2D eigenvalue weighted by molar-refractivity contribution is 7.79. The fraction of sp³-hybridized carbons (Fsp3) is 0.857. The van der Waals surface area contributed by atoms with Gasteiger partial charge in [0.15, 0.2) is 0 Å². The maximum atomic E-state index is 4.83. The van der Waals surface area contributed by atoms with Crippen LogP contribution >= 0.6 is 12.2 Å². The molecule has 2 unspecified atom stereocenters. The summed E-state index contributed by atoms with van der Waals surface area (Å²) in [6.07, 6.45) is 1.41. The lowest BCUT2D eigenvalue weighted by Crippen LogP contribution is -2.56. The Balaban J connectivity index is 2.42. The van der Waals surface area contributed by atoms with E-state index in [2.05, 4.69) is 24.5 Å². The zero-order valence-electron chi connectivity index (χ0n) is 6.42. The Morgan fingerprint density at radius 3 is 2.20 bits per heavy atom. The second kappa shape index (κ2) is 3.42. The summed E-state index contributed by atoms with van der Waals surface area (Å²) in [5.41, 5.74) is 0. The minimum atomic E-state index is 0.230. The van der Waals surface area contributed by atoms with Crippen LogP contribution in [0.1, 0.15) is 20.3 Å². The zero-order chi connectivity index (χ0) is 7.56. The fourth-order valence-electron chi connectivity index (χ4n) is 1.41. The first-order valence-electron chi connectivity index (χ1n) is 3.69. The number of thiocarbonyl (C=S) groups is 1. The Morgan fingerprint density at radius 1 is 1.30 bits per heavy atom. The largest absolute Gasteiger partial charge is 0.295 e. The first kappa shape index (κ1) is 8.11. The molecule has 0 spiro atoms. The lowest BCUT2D eigenvalue weighted by Gasteiger charge is -2.32. The molecule has 1 saturated heterocycles. The van der Waals surface area contributed by atoms with E-state index < -0.39 is 0 Å². The third-order valence-electron chi connectivity index (χ3n) is 1.77. The molecule has 0 aromatic carbocycles. The molecule has 0 aliphatic carbocycles. The van der Waals surface area contributed by atoms with Gasteiger partial charge in [-0.25, -0.2) is 0 Å². The Labute approximate surface area is 67.4 Å². The van der Waals surface area contributed by atoms with Gasteiger partial charge in [-0.1, -0.05) is 12.2 Å². The Hall–Kier alpha value is 0.01000. The molecule has 0 amide bonds. The number of hydrogen-bond donors (Lipinski definition) is 2. The molecule has 58 valence electrons. The molecule has 1 rings (SSSR count). The highest BCUT2D eigenvalue weighted by Crippen LogP contribution is 2.03. The lowest BCUT2D eigenvalue weighted by molar-refractivity contribution is 0.314. The van der Waals surface area contributed by atoms with E-state index in [0.717, 1.165) is 0 Å². The highest BCUT2D eigenvalue weighted by Gasteiger charge is 2.19. The van der Waals surface area contributed by atoms with Gasteiger partial charge in [0.25, 0.3) is 0 Å². The van der Waals surface area contributed by atoms with Crippen molar-refractivity contribution in [1.82, 2.24) is 10.6 Å². The van der Waals surface area contributed by atoms with Gasteiger partial charge in [0.2, 0.25) is 0 Å². The maximum Gasteiger partial charge on any atom is 0.0872 e. The van der Waals surface area contributed by atoms with Crippen LogP contribution in [0.3, 0.4) is 0 Å². The van der Waals surface area contributed by atoms with Crippen LogP contribution < -0.4 is 10.6 Å². The van der Waals surface area contributed by atoms with Crippen LogP contribution in [-0.4, -0.2) is 23.6 Å². The van der Waals surface area contributed by atoms with Gasteiger partial charge in [0, 0.05) is 17.5 Å². The molecule has 0 aromatic heterocycles. The quantitative estimate of drug-likeness (QED) is 0.549. The summed E-state index contributed by atoms with van der Waals surface area (Å²) >= 11 is 4.83. The Kier molecular flexibility index (Phi) is 2.77. The summed E-state index contributed by atoms with van der Waals surface area (Å²) in [7, 11) is 0. The maximum absolute atomic E-state index is 4.83. The van der Waals surface area contributed by atoms with E-state index in [1.807, 2.05) is 0 Å². The smallest absolute Gasteiger partial charge is 0.0872 e. The summed E-state index contributed by atoms with van der Waals surface area (Å²) in [6, 6.07) is 1.17. The molecule has 2 N–H and O–H groups in total. The van der Waals surface area contributed by atoms with Crippen LogP contribution in [0.2, 0.25) is 0 Å². The van der Waals surface area contributed by atoms with Crippen LogP contribution in [0.15, 0.2) is 0 Å². The van der Waals surface area contributed by atoms with Crippen molar-refractivity contribution in [2.45, 2.75) is 38.5 Å². The Morgan fingerprint density at radius 2 is 1.80 bits per heavy atom. The molecule has 1 fully saturated rings. The minimum absolute atomic E-state index is 0.230. The van der Waals surface area contributed by atoms with Crippen molar-refractivity contribution in [3.63, 3.8) is 0 Å². The molecule has 10 heavy (non-hydrogen) atoms. The van der Waals surface area contributed by atoms with E-state index in [0.29, 0.717) is 12.1 Å². The standard InChI is InChI=1S/C7H14N2S/c1-5-3-6(2)9-7(4-10)8-5/h4-9H,3H2,1-2H3. The average molecular weight is 158 g/mol. The van der Waals surface area contributed by atoms with Gasteiger partial charge in [0.1, 0.15) is 0 Å². The van der Waals surface area contributed by atoms with E-state index >= 15 is 0 Å². The van der Waals surface area contributed by atoms with Crippen molar-refractivity contribution in [2.75, 3.05) is 0 Å². The first-order chi connectivity index (χ1) is 4.72. The second-order valence-electron chi connectivity index (χ2n) is 2.98. The summed E-state index contributed by atoms with van der Waals surface area (Å²) in [5, 5.41) is 8.39. The molecule has 0 bridgehead atoms. The van der Waals surface area contributed by atoms with Crippen LogP contribution in [0.4, 0.5) is 0 Å². The fourth-order valence-corrected chi connectivity index (χ4v) is 1.56. The summed E-state index contributed by atoms with van der Waals surface area (Å²) in [5.74, 6) is 0. The normalized spacial score (nSPS) is 41.2. The van der Waals surface area contributed by atoms with E-state index in [1.165, 1.54) is 6.42 Å². The predicted octanol–water partition coefficient (Wildman–Crippen LogP) is 0.672. The molecule has 1 aliphatic rings. The molecule has 2 nitrogen and oxygen atoms in total. The van der Waals surface area contributed by atoms with Crippen LogP contribution in [0, 0.1) is 0 Å². The van der Waals surface area contributed by atoms with Crippen LogP contribution in [0.25, 0.3) is 0 Å². The molecule has 2 atom stereocenters. The average Bonchev–Trinajstić information content (AvgIpc) is 1.85. The van der Waals surface area contributed by atoms with Crippen LogP contribution in [-0.2, 0) is 0 Å². The predicted molar refractivity (Wildman–Crippen MR) is 47.3 cm³/mol. The zero-order valence-corrected chi connectivity index (χ0v) is 7.24. The second-order valence-corrected chi connectivity index (χ2v) is 3.26. The summed E-state index contributed by atoms with van der Waals surface area (Å²) in [6.45, 7) is 4.37. The van der Waals surface area contributed by atoms with Crippen molar-refractivity contribution in [3.05, 3.63) is 0 Å². The van der Waals surface area contributed by atoms with Crippen molar-refractivity contribution in [1.29, 1.82) is 0 Å². The topological polar surface area (TPSA) is 24.1 Å². The monoisotopic (exact) mass is 158 g/mol. The molecule has 0 aromatic rings. The van der Waals surface area contributed by atoms with Crippen molar-refractivity contribution in [3.8, 4) is 0 Å². The molecular formula is C7H14N2S. The Bertz CT molecular complexity index is 117. The molecule has 3 heteroatoms.